The lowest BCUT2D eigenvalue weighted by Crippen LogP contribution is -2.43. The van der Waals surface area contributed by atoms with Gasteiger partial charge in [-0.2, -0.15) is 0 Å². The molecule has 0 unspecified atom stereocenters. The van der Waals surface area contributed by atoms with Crippen molar-refractivity contribution in [3.63, 3.8) is 0 Å². The summed E-state index contributed by atoms with van der Waals surface area (Å²) < 4.78 is 18.2. The second-order valence-corrected chi connectivity index (χ2v) is 7.91. The molecule has 1 aliphatic rings. The summed E-state index contributed by atoms with van der Waals surface area (Å²) in [5, 5.41) is 0. The van der Waals surface area contributed by atoms with Crippen molar-refractivity contribution < 1.29 is 23.5 Å². The number of nitrogens with zero attached hydrogens (tertiary/aromatic N) is 2. The van der Waals surface area contributed by atoms with Crippen LogP contribution in [-0.4, -0.2) is 48.1 Å². The molecule has 0 radical (unpaired) electrons. The van der Waals surface area contributed by atoms with Crippen molar-refractivity contribution in [1.82, 2.24) is 9.47 Å². The molecule has 1 amide bonds. The number of aryl methyl sites for hydroxylation is 1. The smallest absolute Gasteiger partial charge is 0.310 e. The average Bonchev–Trinajstić information content (AvgIpc) is 3.30. The van der Waals surface area contributed by atoms with E-state index >= 15 is 0 Å². The van der Waals surface area contributed by atoms with Crippen LogP contribution in [0.4, 0.5) is 0 Å². The molecule has 1 atom stereocenters. The van der Waals surface area contributed by atoms with Crippen molar-refractivity contribution in [2.24, 2.45) is 5.92 Å². The number of hydrogen-bond acceptors (Lipinski definition) is 5. The second kappa shape index (κ2) is 8.88. The lowest BCUT2D eigenvalue weighted by atomic mass is 9.98. The van der Waals surface area contributed by atoms with Gasteiger partial charge in [0.05, 0.1) is 25.2 Å². The van der Waals surface area contributed by atoms with Gasteiger partial charge in [-0.25, -0.2) is 0 Å². The molecule has 0 saturated carbocycles. The van der Waals surface area contributed by atoms with E-state index in [-0.39, 0.29) is 17.8 Å². The molecule has 0 aliphatic carbocycles. The molecule has 7 heteroatoms. The van der Waals surface area contributed by atoms with Crippen molar-refractivity contribution in [1.29, 1.82) is 0 Å². The number of benzene rings is 1. The van der Waals surface area contributed by atoms with Gasteiger partial charge in [0.1, 0.15) is 17.2 Å². The first-order chi connectivity index (χ1) is 15.0. The first kappa shape index (κ1) is 21.0. The summed E-state index contributed by atoms with van der Waals surface area (Å²) in [6, 6.07) is 11.6. The van der Waals surface area contributed by atoms with Crippen LogP contribution in [-0.2, 0) is 16.1 Å². The number of rotatable bonds is 6. The quantitative estimate of drug-likeness (QED) is 0.559. The molecule has 3 heterocycles. The fraction of sp³-hybridized carbons (Fsp3) is 0.417. The lowest BCUT2D eigenvalue weighted by molar-refractivity contribution is -0.149. The molecule has 2 aromatic heterocycles. The Balaban J connectivity index is 1.63. The summed E-state index contributed by atoms with van der Waals surface area (Å²) in [6.45, 7) is 5.58. The van der Waals surface area contributed by atoms with E-state index in [2.05, 4.69) is 0 Å². The number of amides is 1. The molecule has 0 N–H and O–H groups in total. The van der Waals surface area contributed by atoms with Gasteiger partial charge >= 0.3 is 5.97 Å². The largest absolute Gasteiger partial charge is 0.497 e. The van der Waals surface area contributed by atoms with Crippen molar-refractivity contribution in [2.75, 3.05) is 26.8 Å². The van der Waals surface area contributed by atoms with Gasteiger partial charge < -0.3 is 23.4 Å². The van der Waals surface area contributed by atoms with Crippen LogP contribution < -0.4 is 4.74 Å². The Bertz CT molecular complexity index is 1080. The number of furan rings is 1. The van der Waals surface area contributed by atoms with Crippen LogP contribution in [0, 0.1) is 12.8 Å². The van der Waals surface area contributed by atoms with Crippen molar-refractivity contribution >= 4 is 23.0 Å². The number of carbonyl (C=O) groups excluding carboxylic acids is 2. The second-order valence-electron chi connectivity index (χ2n) is 7.91. The molecule has 31 heavy (non-hydrogen) atoms. The van der Waals surface area contributed by atoms with Crippen molar-refractivity contribution in [3.8, 4) is 5.75 Å². The van der Waals surface area contributed by atoms with E-state index in [1.165, 1.54) is 0 Å². The third kappa shape index (κ3) is 4.31. The molecule has 1 saturated heterocycles. The highest BCUT2D eigenvalue weighted by atomic mass is 16.5. The van der Waals surface area contributed by atoms with Crippen LogP contribution >= 0.6 is 0 Å². The van der Waals surface area contributed by atoms with Crippen LogP contribution in [0.2, 0.25) is 0 Å². The van der Waals surface area contributed by atoms with E-state index in [9.17, 15) is 9.59 Å². The van der Waals surface area contributed by atoms with Crippen molar-refractivity contribution in [2.45, 2.75) is 33.2 Å². The average molecular weight is 424 g/mol. The Morgan fingerprint density at radius 2 is 1.97 bits per heavy atom. The standard InChI is InChI=1S/C24H28N2O5/c1-4-30-24(28)18-6-5-11-25(15-18)23(27)21-13-22-20(12-16(2)31-22)26(21)14-17-7-9-19(29-3)10-8-17/h7-10,12-13,18H,4-6,11,14-15H2,1-3H3/t18-/m1/s1. The number of piperidine rings is 1. The Morgan fingerprint density at radius 3 is 2.68 bits per heavy atom. The zero-order chi connectivity index (χ0) is 22.0. The highest BCUT2D eigenvalue weighted by Crippen LogP contribution is 2.28. The number of methoxy groups -OCH3 is 1. The predicted octanol–water partition coefficient (Wildman–Crippen LogP) is 4.01. The van der Waals surface area contributed by atoms with Gasteiger partial charge in [-0.15, -0.1) is 0 Å². The van der Waals surface area contributed by atoms with Crippen LogP contribution in [0.1, 0.15) is 41.6 Å². The zero-order valence-corrected chi connectivity index (χ0v) is 18.2. The van der Waals surface area contributed by atoms with E-state index in [4.69, 9.17) is 13.9 Å². The Labute approximate surface area is 181 Å². The summed E-state index contributed by atoms with van der Waals surface area (Å²) in [5.74, 6) is 1.00. The minimum absolute atomic E-state index is 0.0911. The number of hydrogen-bond donors (Lipinski definition) is 0. The number of likely N-dealkylation sites (tertiary alicyclic amines) is 1. The van der Waals surface area contributed by atoms with Gasteiger partial charge in [0.2, 0.25) is 0 Å². The highest BCUT2D eigenvalue weighted by Gasteiger charge is 2.31. The minimum atomic E-state index is -0.270. The van der Waals surface area contributed by atoms with Gasteiger partial charge in [-0.3, -0.25) is 9.59 Å². The topological polar surface area (TPSA) is 73.9 Å². The van der Waals surface area contributed by atoms with Gasteiger partial charge in [-0.1, -0.05) is 12.1 Å². The molecule has 0 bridgehead atoms. The molecule has 3 aromatic rings. The molecule has 1 aromatic carbocycles. The maximum atomic E-state index is 13.5. The summed E-state index contributed by atoms with van der Waals surface area (Å²) in [7, 11) is 1.64. The third-order valence-electron chi connectivity index (χ3n) is 5.76. The molecule has 7 nitrogen and oxygen atoms in total. The minimum Gasteiger partial charge on any atom is -0.497 e. The summed E-state index contributed by atoms with van der Waals surface area (Å²) in [6.07, 6.45) is 1.53. The monoisotopic (exact) mass is 424 g/mol. The third-order valence-corrected chi connectivity index (χ3v) is 5.76. The molecule has 0 spiro atoms. The molecule has 1 fully saturated rings. The SMILES string of the molecule is CCOC(=O)[C@@H]1CCCN(C(=O)c2cc3oc(C)cc3n2Cc2ccc(OC)cc2)C1. The Kier molecular flexibility index (Phi) is 6.02. The number of fused-ring (bicyclic) bond motifs is 1. The van der Waals surface area contributed by atoms with Gasteiger partial charge in [0, 0.05) is 31.8 Å². The van der Waals surface area contributed by atoms with Crippen molar-refractivity contribution in [3.05, 3.63) is 53.4 Å². The molecular weight excluding hydrogens is 396 g/mol. The molecule has 1 aliphatic heterocycles. The van der Waals surface area contributed by atoms with E-state index in [1.54, 1.807) is 18.9 Å². The van der Waals surface area contributed by atoms with E-state index in [0.29, 0.717) is 37.5 Å². The van der Waals surface area contributed by atoms with Gasteiger partial charge in [0.25, 0.3) is 5.91 Å². The van der Waals surface area contributed by atoms with Crippen LogP contribution in [0.15, 0.2) is 40.8 Å². The first-order valence-corrected chi connectivity index (χ1v) is 10.7. The van der Waals surface area contributed by atoms with Crippen LogP contribution in [0.25, 0.3) is 11.1 Å². The fourth-order valence-corrected chi connectivity index (χ4v) is 4.20. The molecule has 4 rings (SSSR count). The number of esters is 1. The lowest BCUT2D eigenvalue weighted by Gasteiger charge is -2.31. The van der Waals surface area contributed by atoms with Crippen LogP contribution in [0.3, 0.4) is 0 Å². The number of ether oxygens (including phenoxy) is 2. The van der Waals surface area contributed by atoms with E-state index in [1.807, 2.05) is 47.9 Å². The molecular formula is C24H28N2O5. The summed E-state index contributed by atoms with van der Waals surface area (Å²) >= 11 is 0. The number of carbonyl (C=O) groups is 2. The predicted molar refractivity (Wildman–Crippen MR) is 116 cm³/mol. The Morgan fingerprint density at radius 1 is 1.19 bits per heavy atom. The first-order valence-electron chi connectivity index (χ1n) is 10.7. The van der Waals surface area contributed by atoms with E-state index in [0.717, 1.165) is 35.4 Å². The zero-order valence-electron chi connectivity index (χ0n) is 18.2. The fourth-order valence-electron chi connectivity index (χ4n) is 4.20. The van der Waals surface area contributed by atoms with Crippen LogP contribution in [0.5, 0.6) is 5.75 Å². The summed E-state index contributed by atoms with van der Waals surface area (Å²) in [4.78, 5) is 27.5. The van der Waals surface area contributed by atoms with E-state index < -0.39 is 0 Å². The number of aromatic nitrogens is 1. The van der Waals surface area contributed by atoms with Gasteiger partial charge in [-0.05, 0) is 44.4 Å². The normalized spacial score (nSPS) is 16.5. The summed E-state index contributed by atoms with van der Waals surface area (Å²) in [5.41, 5.74) is 3.19. The maximum Gasteiger partial charge on any atom is 0.310 e. The highest BCUT2D eigenvalue weighted by molar-refractivity contribution is 5.98. The Hall–Kier alpha value is -3.22. The van der Waals surface area contributed by atoms with Gasteiger partial charge in [0.15, 0.2) is 5.58 Å². The maximum absolute atomic E-state index is 13.5. The molecule has 164 valence electrons.